The number of furan rings is 1. The summed E-state index contributed by atoms with van der Waals surface area (Å²) in [7, 11) is 0. The van der Waals surface area contributed by atoms with Crippen LogP contribution in [0, 0.1) is 0 Å². The molecule has 0 unspecified atom stereocenters. The van der Waals surface area contributed by atoms with Crippen molar-refractivity contribution in [2.45, 2.75) is 0 Å². The minimum Gasteiger partial charge on any atom is -0.455 e. The van der Waals surface area contributed by atoms with Gasteiger partial charge in [0.15, 0.2) is 0 Å². The van der Waals surface area contributed by atoms with E-state index in [1.165, 1.54) is 54.2 Å². The number of hydrogen-bond acceptors (Lipinski definition) is 2. The van der Waals surface area contributed by atoms with E-state index >= 15 is 0 Å². The van der Waals surface area contributed by atoms with Gasteiger partial charge in [0.1, 0.15) is 11.2 Å². The summed E-state index contributed by atoms with van der Waals surface area (Å²) in [5.74, 6) is 0. The van der Waals surface area contributed by atoms with E-state index in [9.17, 15) is 0 Å². The van der Waals surface area contributed by atoms with E-state index < -0.39 is 0 Å². The third kappa shape index (κ3) is 4.81. The molecule has 10 aromatic carbocycles. The molecule has 0 aliphatic heterocycles. The Bertz CT molecular complexity index is 3210. The summed E-state index contributed by atoms with van der Waals surface area (Å²) in [5.41, 5.74) is 9.60. The van der Waals surface area contributed by atoms with Gasteiger partial charge < -0.3 is 9.32 Å². The topological polar surface area (TPSA) is 16.4 Å². The van der Waals surface area contributed by atoms with Gasteiger partial charge in [0.25, 0.3) is 0 Å². The molecule has 0 saturated carbocycles. The van der Waals surface area contributed by atoms with Gasteiger partial charge >= 0.3 is 0 Å². The van der Waals surface area contributed by atoms with Crippen LogP contribution >= 0.6 is 0 Å². The van der Waals surface area contributed by atoms with Crippen molar-refractivity contribution in [1.29, 1.82) is 0 Å². The van der Waals surface area contributed by atoms with Crippen molar-refractivity contribution in [1.82, 2.24) is 0 Å². The molecule has 0 N–H and O–H groups in total. The van der Waals surface area contributed by atoms with Gasteiger partial charge in [-0.25, -0.2) is 0 Å². The first-order valence-electron chi connectivity index (χ1n) is 18.5. The van der Waals surface area contributed by atoms with Gasteiger partial charge in [0, 0.05) is 22.0 Å². The van der Waals surface area contributed by atoms with Crippen LogP contribution in [-0.2, 0) is 0 Å². The third-order valence-electron chi connectivity index (χ3n) is 11.0. The number of hydrogen-bond donors (Lipinski definition) is 0. The van der Waals surface area contributed by atoms with Crippen LogP contribution in [0.1, 0.15) is 0 Å². The van der Waals surface area contributed by atoms with Gasteiger partial charge in [-0.15, -0.1) is 0 Å². The van der Waals surface area contributed by atoms with Gasteiger partial charge in [-0.05, 0) is 96.9 Å². The molecule has 0 spiro atoms. The quantitative estimate of drug-likeness (QED) is 0.168. The van der Waals surface area contributed by atoms with Crippen molar-refractivity contribution in [3.8, 4) is 22.3 Å². The van der Waals surface area contributed by atoms with E-state index in [4.69, 9.17) is 4.42 Å². The highest BCUT2D eigenvalue weighted by Gasteiger charge is 2.23. The Balaban J connectivity index is 1.15. The number of rotatable bonds is 5. The second-order valence-corrected chi connectivity index (χ2v) is 14.1. The largest absolute Gasteiger partial charge is 0.455 e. The highest BCUT2D eigenvalue weighted by Crippen LogP contribution is 2.48. The Morgan fingerprint density at radius 2 is 0.944 bits per heavy atom. The van der Waals surface area contributed by atoms with E-state index in [-0.39, 0.29) is 0 Å². The lowest BCUT2D eigenvalue weighted by atomic mass is 9.96. The van der Waals surface area contributed by atoms with Gasteiger partial charge in [0.05, 0.1) is 16.8 Å². The number of nitrogens with zero attached hydrogens (tertiary/aromatic N) is 1. The second-order valence-electron chi connectivity index (χ2n) is 14.1. The molecule has 1 heterocycles. The van der Waals surface area contributed by atoms with E-state index in [1.807, 2.05) is 0 Å². The van der Waals surface area contributed by atoms with Gasteiger partial charge in [-0.1, -0.05) is 158 Å². The molecule has 2 nitrogen and oxygen atoms in total. The Kier molecular flexibility index (Phi) is 6.90. The lowest BCUT2D eigenvalue weighted by molar-refractivity contribution is 0.670. The molecule has 0 amide bonds. The average Bonchev–Trinajstić information content (AvgIpc) is 3.64. The van der Waals surface area contributed by atoms with Crippen molar-refractivity contribution >= 4 is 82.1 Å². The minimum atomic E-state index is 0.875. The zero-order valence-corrected chi connectivity index (χ0v) is 29.4. The molecule has 0 aliphatic rings. The number of fused-ring (bicyclic) bond motifs is 9. The highest BCUT2D eigenvalue weighted by atomic mass is 16.3. The molecule has 0 fully saturated rings. The summed E-state index contributed by atoms with van der Waals surface area (Å²) in [6.45, 7) is 0. The smallest absolute Gasteiger partial charge is 0.145 e. The summed E-state index contributed by atoms with van der Waals surface area (Å²) in [6, 6.07) is 72.3. The van der Waals surface area contributed by atoms with Crippen molar-refractivity contribution in [3.63, 3.8) is 0 Å². The molecule has 0 radical (unpaired) electrons. The molecular formula is C52H33NO. The van der Waals surface area contributed by atoms with Gasteiger partial charge in [0.2, 0.25) is 0 Å². The minimum absolute atomic E-state index is 0.875. The lowest BCUT2D eigenvalue weighted by Gasteiger charge is -2.28. The zero-order valence-electron chi connectivity index (χ0n) is 29.4. The number of para-hydroxylation sites is 1. The number of benzene rings is 10. The van der Waals surface area contributed by atoms with E-state index in [1.54, 1.807) is 0 Å². The SMILES string of the molecule is c1ccc(-c2ccc(N(c3ccc(-c4ccc5ccc6ccccc6c5c4)cc3)c3cccc4c3ccc3ccccc34)c3c2oc2ccccc23)cc1. The first-order valence-corrected chi connectivity index (χ1v) is 18.5. The van der Waals surface area contributed by atoms with Crippen LogP contribution in [0.5, 0.6) is 0 Å². The van der Waals surface area contributed by atoms with Crippen molar-refractivity contribution in [3.05, 3.63) is 200 Å². The maximum absolute atomic E-state index is 6.76. The Hall–Kier alpha value is -7.16. The maximum Gasteiger partial charge on any atom is 0.145 e. The van der Waals surface area contributed by atoms with Gasteiger partial charge in [-0.3, -0.25) is 0 Å². The lowest BCUT2D eigenvalue weighted by Crippen LogP contribution is -2.11. The molecule has 11 aromatic rings. The van der Waals surface area contributed by atoms with Crippen molar-refractivity contribution in [2.24, 2.45) is 0 Å². The monoisotopic (exact) mass is 687 g/mol. The summed E-state index contributed by atoms with van der Waals surface area (Å²) < 4.78 is 6.76. The summed E-state index contributed by atoms with van der Waals surface area (Å²) >= 11 is 0. The average molecular weight is 688 g/mol. The predicted molar refractivity (Wildman–Crippen MR) is 229 cm³/mol. The first-order chi connectivity index (χ1) is 26.8. The highest BCUT2D eigenvalue weighted by molar-refractivity contribution is 6.19. The Labute approximate surface area is 312 Å². The van der Waals surface area contributed by atoms with E-state index in [0.29, 0.717) is 0 Å². The maximum atomic E-state index is 6.76. The van der Waals surface area contributed by atoms with E-state index in [0.717, 1.165) is 50.1 Å². The molecule has 0 saturated heterocycles. The fraction of sp³-hybridized carbons (Fsp3) is 0. The summed E-state index contributed by atoms with van der Waals surface area (Å²) in [4.78, 5) is 2.42. The van der Waals surface area contributed by atoms with Crippen molar-refractivity contribution in [2.75, 3.05) is 4.90 Å². The number of anilines is 3. The molecule has 0 bridgehead atoms. The van der Waals surface area contributed by atoms with E-state index in [2.05, 4.69) is 205 Å². The molecule has 1 aromatic heterocycles. The molecule has 252 valence electrons. The van der Waals surface area contributed by atoms with Crippen LogP contribution in [0.2, 0.25) is 0 Å². The Morgan fingerprint density at radius 3 is 1.74 bits per heavy atom. The summed E-state index contributed by atoms with van der Waals surface area (Å²) in [5, 5.41) is 12.1. The molecular weight excluding hydrogens is 655 g/mol. The molecule has 2 heteroatoms. The van der Waals surface area contributed by atoms with Crippen LogP contribution in [-0.4, -0.2) is 0 Å². The van der Waals surface area contributed by atoms with Crippen LogP contribution < -0.4 is 4.90 Å². The van der Waals surface area contributed by atoms with Crippen molar-refractivity contribution < 1.29 is 4.42 Å². The normalized spacial score (nSPS) is 11.7. The Morgan fingerprint density at radius 1 is 0.333 bits per heavy atom. The molecule has 0 aliphatic carbocycles. The predicted octanol–water partition coefficient (Wildman–Crippen LogP) is 15.0. The van der Waals surface area contributed by atoms with Crippen LogP contribution in [0.3, 0.4) is 0 Å². The molecule has 11 rings (SSSR count). The van der Waals surface area contributed by atoms with Gasteiger partial charge in [-0.2, -0.15) is 0 Å². The third-order valence-corrected chi connectivity index (χ3v) is 11.0. The van der Waals surface area contributed by atoms with Crippen LogP contribution in [0.4, 0.5) is 17.1 Å². The second kappa shape index (κ2) is 12.2. The molecule has 0 atom stereocenters. The standard InChI is InChI=1S/C52H33NO/c1-2-11-35(12-3-1)43-31-32-49(51-46-17-8-9-20-50(46)54-52(43)51)53(48-19-10-18-44-41-15-6-4-14-37(41)27-30-45(44)48)40-28-25-34(26-29-40)39-24-23-38-22-21-36-13-5-7-16-42(36)47(38)33-39/h1-33H. The summed E-state index contributed by atoms with van der Waals surface area (Å²) in [6.07, 6.45) is 0. The van der Waals surface area contributed by atoms with Crippen LogP contribution in [0.25, 0.3) is 87.3 Å². The fourth-order valence-corrected chi connectivity index (χ4v) is 8.45. The first kappa shape index (κ1) is 30.5. The molecule has 54 heavy (non-hydrogen) atoms. The zero-order chi connectivity index (χ0) is 35.6. The fourth-order valence-electron chi connectivity index (χ4n) is 8.45. The van der Waals surface area contributed by atoms with Crippen LogP contribution in [0.15, 0.2) is 205 Å².